The number of hydrogen-bond acceptors (Lipinski definition) is 3. The minimum absolute atomic E-state index is 0.0812. The molecule has 0 saturated carbocycles. The molecule has 0 spiro atoms. The van der Waals surface area contributed by atoms with Gasteiger partial charge in [-0.1, -0.05) is 30.3 Å². The summed E-state index contributed by atoms with van der Waals surface area (Å²) in [6.45, 7) is 6.42. The molecule has 1 aromatic carbocycles. The van der Waals surface area contributed by atoms with Crippen LogP contribution in [-0.4, -0.2) is 11.8 Å². The number of aromatic nitrogens is 2. The minimum atomic E-state index is 0.0812. The van der Waals surface area contributed by atoms with Crippen LogP contribution in [0, 0.1) is 13.8 Å². The standard InChI is InChI=1S/C24H23BN3O/c1-16-14-22(27(4)15-21(16)18-8-6-5-7-9-18)28-13-12-19-20-11-10-17(2)26-24(20)29-23(19)25(28)3/h5-15H,1-4H3/q+1. The van der Waals surface area contributed by atoms with Gasteiger partial charge in [0.2, 0.25) is 5.71 Å². The summed E-state index contributed by atoms with van der Waals surface area (Å²) in [5, 5.41) is 1.08. The summed E-state index contributed by atoms with van der Waals surface area (Å²) in [5.74, 6) is 1.13. The van der Waals surface area contributed by atoms with Crippen molar-refractivity contribution in [2.75, 3.05) is 4.81 Å². The normalized spacial score (nSPS) is 13.2. The highest BCUT2D eigenvalue weighted by Crippen LogP contribution is 2.28. The van der Waals surface area contributed by atoms with Gasteiger partial charge in [0.25, 0.3) is 5.82 Å². The van der Waals surface area contributed by atoms with Gasteiger partial charge in [0.15, 0.2) is 0 Å². The van der Waals surface area contributed by atoms with Crippen LogP contribution in [0.1, 0.15) is 16.8 Å². The van der Waals surface area contributed by atoms with Gasteiger partial charge in [0.1, 0.15) is 5.66 Å². The van der Waals surface area contributed by atoms with Crippen LogP contribution in [0.3, 0.4) is 0 Å². The molecule has 1 aliphatic heterocycles. The third-order valence-electron chi connectivity index (χ3n) is 5.76. The fourth-order valence-electron chi connectivity index (χ4n) is 4.19. The molecule has 0 aliphatic carbocycles. The van der Waals surface area contributed by atoms with Crippen LogP contribution in [-0.2, 0) is 7.05 Å². The third kappa shape index (κ3) is 2.85. The van der Waals surface area contributed by atoms with Gasteiger partial charge in [-0.25, -0.2) is 9.55 Å². The minimum Gasteiger partial charge on any atom is -0.447 e. The number of rotatable bonds is 2. The van der Waals surface area contributed by atoms with Gasteiger partial charge in [0, 0.05) is 28.3 Å². The molecule has 0 unspecified atom stereocenters. The highest BCUT2D eigenvalue weighted by atomic mass is 16.3. The van der Waals surface area contributed by atoms with Crippen molar-refractivity contribution in [3.8, 4) is 11.1 Å². The van der Waals surface area contributed by atoms with E-state index < -0.39 is 0 Å². The molecule has 142 valence electrons. The van der Waals surface area contributed by atoms with E-state index in [1.165, 1.54) is 16.7 Å². The Bertz CT molecular complexity index is 1260. The lowest BCUT2D eigenvalue weighted by Crippen LogP contribution is -2.50. The number of hydrogen-bond donors (Lipinski definition) is 0. The topological polar surface area (TPSA) is 33.2 Å². The molecule has 1 aliphatic rings. The van der Waals surface area contributed by atoms with Crippen molar-refractivity contribution in [1.82, 2.24) is 4.98 Å². The van der Waals surface area contributed by atoms with Crippen molar-refractivity contribution in [2.24, 2.45) is 7.05 Å². The molecule has 5 rings (SSSR count). The molecule has 5 heteroatoms. The van der Waals surface area contributed by atoms with Crippen LogP contribution in [0.5, 0.6) is 0 Å². The molecule has 3 aromatic heterocycles. The van der Waals surface area contributed by atoms with Crippen molar-refractivity contribution < 1.29 is 8.98 Å². The average molecular weight is 380 g/mol. The number of anilines is 1. The Morgan fingerprint density at radius 3 is 2.66 bits per heavy atom. The molecule has 0 N–H and O–H groups in total. The fourth-order valence-corrected chi connectivity index (χ4v) is 4.19. The van der Waals surface area contributed by atoms with Crippen LogP contribution in [0.25, 0.3) is 28.3 Å². The van der Waals surface area contributed by atoms with Gasteiger partial charge >= 0.3 is 6.85 Å². The number of benzene rings is 1. The molecule has 4 nitrogen and oxygen atoms in total. The highest BCUT2D eigenvalue weighted by molar-refractivity contribution is 6.76. The van der Waals surface area contributed by atoms with Crippen LogP contribution in [0.2, 0.25) is 6.82 Å². The third-order valence-corrected chi connectivity index (χ3v) is 5.76. The van der Waals surface area contributed by atoms with Crippen LogP contribution in [0.4, 0.5) is 5.82 Å². The van der Waals surface area contributed by atoms with E-state index in [4.69, 9.17) is 4.42 Å². The van der Waals surface area contributed by atoms with Gasteiger partial charge in [-0.2, -0.15) is 0 Å². The average Bonchev–Trinajstić information content (AvgIpc) is 3.09. The number of aryl methyl sites for hydroxylation is 3. The summed E-state index contributed by atoms with van der Waals surface area (Å²) >= 11 is 0. The summed E-state index contributed by atoms with van der Waals surface area (Å²) in [6, 6.07) is 16.9. The van der Waals surface area contributed by atoms with Crippen LogP contribution >= 0.6 is 0 Å². The Morgan fingerprint density at radius 2 is 1.86 bits per heavy atom. The smallest absolute Gasteiger partial charge is 0.447 e. The summed E-state index contributed by atoms with van der Waals surface area (Å²) in [4.78, 5) is 6.83. The Hall–Kier alpha value is -3.34. The quantitative estimate of drug-likeness (QED) is 0.385. The lowest BCUT2D eigenvalue weighted by atomic mass is 9.58. The van der Waals surface area contributed by atoms with E-state index >= 15 is 0 Å². The number of fused-ring (bicyclic) bond motifs is 3. The van der Waals surface area contributed by atoms with Gasteiger partial charge in [-0.3, -0.25) is 4.81 Å². The van der Waals surface area contributed by atoms with Crippen molar-refractivity contribution in [3.63, 3.8) is 0 Å². The van der Waals surface area contributed by atoms with Gasteiger partial charge < -0.3 is 4.42 Å². The lowest BCUT2D eigenvalue weighted by Gasteiger charge is -2.22. The largest absolute Gasteiger partial charge is 0.447 e. The zero-order valence-corrected chi connectivity index (χ0v) is 17.2. The second kappa shape index (κ2) is 6.62. The van der Waals surface area contributed by atoms with Crippen molar-refractivity contribution in [3.05, 3.63) is 77.7 Å². The first-order valence-electron chi connectivity index (χ1n) is 9.95. The maximum atomic E-state index is 6.19. The Kier molecular flexibility index (Phi) is 4.05. The first-order valence-corrected chi connectivity index (χ1v) is 9.95. The molecule has 4 heterocycles. The number of pyridine rings is 2. The first kappa shape index (κ1) is 17.7. The molecule has 0 amide bonds. The molecule has 0 saturated heterocycles. The number of nitrogens with zero attached hydrogens (tertiary/aromatic N) is 3. The van der Waals surface area contributed by atoms with Gasteiger partial charge in [0.05, 0.1) is 19.4 Å². The number of furan rings is 1. The van der Waals surface area contributed by atoms with Crippen LogP contribution in [0.15, 0.2) is 65.3 Å². The lowest BCUT2D eigenvalue weighted by molar-refractivity contribution is -0.657. The zero-order valence-electron chi connectivity index (χ0n) is 17.2. The Balaban J connectivity index is 1.58. The molecular weight excluding hydrogens is 357 g/mol. The second-order valence-electron chi connectivity index (χ2n) is 7.79. The van der Waals surface area contributed by atoms with E-state index in [1.807, 2.05) is 13.0 Å². The molecular formula is C24H23BN3O+. The predicted molar refractivity (Wildman–Crippen MR) is 119 cm³/mol. The molecule has 4 aromatic rings. The van der Waals surface area contributed by atoms with Gasteiger partial charge in [-0.05, 0) is 50.0 Å². The summed E-state index contributed by atoms with van der Waals surface area (Å²) in [7, 11) is 2.10. The molecule has 0 bridgehead atoms. The Labute approximate surface area is 171 Å². The summed E-state index contributed by atoms with van der Waals surface area (Å²) in [5.41, 5.74) is 7.51. The molecule has 0 radical (unpaired) electrons. The SMILES string of the molecule is CB1c2oc3nc(C)ccc3c2C=CN1c1cc(C)c(-c2ccccc2)c[n+]1C. The zero-order chi connectivity index (χ0) is 20.1. The maximum absolute atomic E-state index is 6.19. The van der Waals surface area contributed by atoms with Crippen molar-refractivity contribution in [1.29, 1.82) is 0 Å². The monoisotopic (exact) mass is 380 g/mol. The maximum Gasteiger partial charge on any atom is 0.447 e. The van der Waals surface area contributed by atoms with E-state index in [0.717, 1.165) is 28.1 Å². The first-order chi connectivity index (χ1) is 14.0. The summed E-state index contributed by atoms with van der Waals surface area (Å²) < 4.78 is 8.37. The van der Waals surface area contributed by atoms with Crippen molar-refractivity contribution in [2.45, 2.75) is 20.7 Å². The van der Waals surface area contributed by atoms with E-state index in [2.05, 4.69) is 96.1 Å². The van der Waals surface area contributed by atoms with Gasteiger partial charge in [-0.15, -0.1) is 0 Å². The van der Waals surface area contributed by atoms with Crippen molar-refractivity contribution >= 4 is 35.5 Å². The highest BCUT2D eigenvalue weighted by Gasteiger charge is 2.38. The molecule has 0 fully saturated rings. The Morgan fingerprint density at radius 1 is 1.07 bits per heavy atom. The predicted octanol–water partition coefficient (Wildman–Crippen LogP) is 4.26. The van der Waals surface area contributed by atoms with E-state index in [-0.39, 0.29) is 6.85 Å². The van der Waals surface area contributed by atoms with Crippen LogP contribution < -0.4 is 15.0 Å². The summed E-state index contributed by atoms with van der Waals surface area (Å²) in [6.07, 6.45) is 6.50. The fraction of sp³-hybridized carbons (Fsp3) is 0.167. The van der Waals surface area contributed by atoms with E-state index in [9.17, 15) is 0 Å². The van der Waals surface area contributed by atoms with E-state index in [0.29, 0.717) is 5.71 Å². The second-order valence-corrected chi connectivity index (χ2v) is 7.79. The molecule has 29 heavy (non-hydrogen) atoms. The molecule has 0 atom stereocenters. The van der Waals surface area contributed by atoms with E-state index in [1.54, 1.807) is 0 Å².